The number of nitrogens with zero attached hydrogens (tertiary/aromatic N) is 1. The van der Waals surface area contributed by atoms with Crippen LogP contribution in [0.25, 0.3) is 0 Å². The van der Waals surface area contributed by atoms with Crippen LogP contribution >= 0.6 is 23.2 Å². The molecule has 32 heavy (non-hydrogen) atoms. The molecule has 0 spiro atoms. The van der Waals surface area contributed by atoms with Crippen molar-refractivity contribution in [3.05, 3.63) is 69.7 Å². The van der Waals surface area contributed by atoms with Crippen LogP contribution in [-0.4, -0.2) is 41.6 Å². The van der Waals surface area contributed by atoms with Crippen LogP contribution < -0.4 is 0 Å². The lowest BCUT2D eigenvalue weighted by molar-refractivity contribution is -0.159. The summed E-state index contributed by atoms with van der Waals surface area (Å²) in [5.74, 6) is -1.89. The largest absolute Gasteiger partial charge is 0.469 e. The van der Waals surface area contributed by atoms with Crippen molar-refractivity contribution < 1.29 is 19.4 Å². The smallest absolute Gasteiger partial charge is 0.309 e. The first kappa shape index (κ1) is 24.6. The molecule has 5 nitrogen and oxygen atoms in total. The zero-order chi connectivity index (χ0) is 23.4. The topological polar surface area (TPSA) is 66.8 Å². The van der Waals surface area contributed by atoms with Gasteiger partial charge in [-0.3, -0.25) is 9.59 Å². The van der Waals surface area contributed by atoms with Gasteiger partial charge in [-0.25, -0.2) is 0 Å². The van der Waals surface area contributed by atoms with Gasteiger partial charge in [0, 0.05) is 16.0 Å². The van der Waals surface area contributed by atoms with Crippen molar-refractivity contribution in [3.63, 3.8) is 0 Å². The number of benzene rings is 2. The summed E-state index contributed by atoms with van der Waals surface area (Å²) in [4.78, 5) is 27.9. The first-order valence-corrected chi connectivity index (χ1v) is 11.6. The maximum Gasteiger partial charge on any atom is 0.309 e. The lowest BCUT2D eigenvalue weighted by Gasteiger charge is -2.49. The predicted octanol–water partition coefficient (Wildman–Crippen LogP) is 5.25. The first-order valence-electron chi connectivity index (χ1n) is 10.8. The van der Waals surface area contributed by atoms with Crippen molar-refractivity contribution in [2.45, 2.75) is 44.7 Å². The lowest BCUT2D eigenvalue weighted by atomic mass is 9.71. The van der Waals surface area contributed by atoms with Gasteiger partial charge in [0.05, 0.1) is 37.6 Å². The number of methoxy groups -OCH3 is 1. The van der Waals surface area contributed by atoms with Gasteiger partial charge >= 0.3 is 5.97 Å². The molecule has 3 rings (SSSR count). The van der Waals surface area contributed by atoms with Gasteiger partial charge in [-0.1, -0.05) is 61.3 Å². The van der Waals surface area contributed by atoms with Crippen molar-refractivity contribution in [1.82, 2.24) is 4.90 Å². The number of ether oxygens (including phenoxy) is 1. The van der Waals surface area contributed by atoms with E-state index < -0.39 is 23.8 Å². The zero-order valence-corrected chi connectivity index (χ0v) is 20.0. The van der Waals surface area contributed by atoms with Crippen LogP contribution in [0.2, 0.25) is 10.0 Å². The molecule has 0 aliphatic carbocycles. The van der Waals surface area contributed by atoms with Crippen molar-refractivity contribution in [1.29, 1.82) is 0 Å². The van der Waals surface area contributed by atoms with E-state index in [2.05, 4.69) is 0 Å². The number of rotatable bonds is 7. The Kier molecular flexibility index (Phi) is 8.21. The van der Waals surface area contributed by atoms with Crippen LogP contribution in [0.15, 0.2) is 48.5 Å². The summed E-state index contributed by atoms with van der Waals surface area (Å²) < 4.78 is 4.95. The minimum absolute atomic E-state index is 0.134. The fourth-order valence-electron chi connectivity index (χ4n) is 4.72. The average Bonchev–Trinajstić information content (AvgIpc) is 2.80. The van der Waals surface area contributed by atoms with Gasteiger partial charge in [0.25, 0.3) is 0 Å². The molecule has 0 saturated carbocycles. The fourth-order valence-corrected chi connectivity index (χ4v) is 5.05. The normalized spacial score (nSPS) is 23.0. The highest BCUT2D eigenvalue weighted by Crippen LogP contribution is 2.48. The summed E-state index contributed by atoms with van der Waals surface area (Å²) in [6, 6.07) is 14.3. The van der Waals surface area contributed by atoms with Gasteiger partial charge < -0.3 is 14.7 Å². The molecule has 1 aliphatic heterocycles. The van der Waals surface area contributed by atoms with Crippen LogP contribution in [0.3, 0.4) is 0 Å². The van der Waals surface area contributed by atoms with Crippen LogP contribution in [0, 0.1) is 11.8 Å². The minimum atomic E-state index is -0.612. The Labute approximate surface area is 199 Å². The molecule has 2 aromatic carbocycles. The highest BCUT2D eigenvalue weighted by Gasteiger charge is 2.48. The van der Waals surface area contributed by atoms with E-state index in [0.717, 1.165) is 11.1 Å². The van der Waals surface area contributed by atoms with E-state index in [1.807, 2.05) is 43.3 Å². The van der Waals surface area contributed by atoms with Crippen LogP contribution in [0.1, 0.15) is 49.8 Å². The molecule has 172 valence electrons. The third-order valence-corrected chi connectivity index (χ3v) is 6.99. The van der Waals surface area contributed by atoms with Gasteiger partial charge in [0.2, 0.25) is 5.91 Å². The Bertz CT molecular complexity index is 945. The number of aliphatic hydroxyl groups is 1. The molecule has 0 radical (unpaired) electrons. The number of likely N-dealkylation sites (tertiary alicyclic amines) is 1. The molecule has 1 aliphatic rings. The Morgan fingerprint density at radius 3 is 2.41 bits per heavy atom. The summed E-state index contributed by atoms with van der Waals surface area (Å²) in [5, 5.41) is 11.4. The van der Waals surface area contributed by atoms with Gasteiger partial charge in [0.1, 0.15) is 0 Å². The van der Waals surface area contributed by atoms with E-state index in [-0.39, 0.29) is 24.5 Å². The van der Waals surface area contributed by atoms with E-state index in [1.54, 1.807) is 24.0 Å². The number of esters is 1. The molecular weight excluding hydrogens is 449 g/mol. The summed E-state index contributed by atoms with van der Waals surface area (Å²) in [7, 11) is 1.33. The molecule has 7 heteroatoms. The number of aliphatic hydroxyl groups excluding tert-OH is 1. The minimum Gasteiger partial charge on any atom is -0.469 e. The van der Waals surface area contributed by atoms with Gasteiger partial charge in [-0.05, 0) is 48.2 Å². The highest BCUT2D eigenvalue weighted by molar-refractivity contribution is 6.30. The van der Waals surface area contributed by atoms with E-state index in [1.165, 1.54) is 7.11 Å². The third kappa shape index (κ3) is 4.95. The molecule has 1 fully saturated rings. The van der Waals surface area contributed by atoms with Crippen LogP contribution in [0.5, 0.6) is 0 Å². The average molecular weight is 478 g/mol. The Morgan fingerprint density at radius 1 is 1.16 bits per heavy atom. The maximum atomic E-state index is 13.8. The summed E-state index contributed by atoms with van der Waals surface area (Å²) >= 11 is 12.5. The number of halogens is 2. The van der Waals surface area contributed by atoms with E-state index in [9.17, 15) is 14.7 Å². The first-order chi connectivity index (χ1) is 15.3. The van der Waals surface area contributed by atoms with Crippen LogP contribution in [-0.2, 0) is 14.3 Å². The second-order valence-electron chi connectivity index (χ2n) is 8.30. The number of carbonyl (C=O) groups is 2. The Hall–Kier alpha value is -2.08. The third-order valence-electron chi connectivity index (χ3n) is 6.50. The van der Waals surface area contributed by atoms with Crippen molar-refractivity contribution >= 4 is 35.1 Å². The molecule has 0 bridgehead atoms. The number of hydrogen-bond acceptors (Lipinski definition) is 4. The Morgan fingerprint density at radius 2 is 1.84 bits per heavy atom. The molecule has 0 aromatic heterocycles. The zero-order valence-electron chi connectivity index (χ0n) is 18.5. The molecule has 1 heterocycles. The molecule has 1 N–H and O–H groups in total. The van der Waals surface area contributed by atoms with E-state index in [4.69, 9.17) is 27.9 Å². The standard InChI is InChI=1S/C25H29Cl2NO4/c1-4-20(14-29)28-23(16-8-10-18(26)11-9-16)22(17-6-5-7-19(27)12-17)13-21(24(28)30)15(2)25(31)32-3/h5-12,15,20-23,29H,4,13-14H2,1-3H3. The quantitative estimate of drug-likeness (QED) is 0.553. The lowest BCUT2D eigenvalue weighted by Crippen LogP contribution is -2.54. The van der Waals surface area contributed by atoms with E-state index in [0.29, 0.717) is 22.9 Å². The molecule has 1 amide bonds. The van der Waals surface area contributed by atoms with Crippen molar-refractivity contribution in [3.8, 4) is 0 Å². The number of piperidine rings is 1. The molecular formula is C25H29Cl2NO4. The second-order valence-corrected chi connectivity index (χ2v) is 9.17. The maximum absolute atomic E-state index is 13.8. The van der Waals surface area contributed by atoms with Crippen molar-refractivity contribution in [2.24, 2.45) is 11.8 Å². The molecule has 5 atom stereocenters. The highest BCUT2D eigenvalue weighted by atomic mass is 35.5. The Balaban J connectivity index is 2.19. The van der Waals surface area contributed by atoms with Crippen LogP contribution in [0.4, 0.5) is 0 Å². The SMILES string of the molecule is CCC(CO)N1C(=O)C(C(C)C(=O)OC)CC(c2cccc(Cl)c2)C1c1ccc(Cl)cc1. The van der Waals surface area contributed by atoms with Crippen molar-refractivity contribution in [2.75, 3.05) is 13.7 Å². The molecule has 2 aromatic rings. The monoisotopic (exact) mass is 477 g/mol. The van der Waals surface area contributed by atoms with E-state index >= 15 is 0 Å². The fraction of sp³-hybridized carbons (Fsp3) is 0.440. The number of amides is 1. The molecule has 1 saturated heterocycles. The second kappa shape index (κ2) is 10.7. The number of carbonyl (C=O) groups excluding carboxylic acids is 2. The summed E-state index contributed by atoms with van der Waals surface area (Å²) in [6.45, 7) is 3.49. The molecule has 5 unspecified atom stereocenters. The number of hydrogen-bond donors (Lipinski definition) is 1. The summed E-state index contributed by atoms with van der Waals surface area (Å²) in [6.07, 6.45) is 1.04. The van der Waals surface area contributed by atoms with Gasteiger partial charge in [-0.2, -0.15) is 0 Å². The summed E-state index contributed by atoms with van der Waals surface area (Å²) in [5.41, 5.74) is 1.90. The predicted molar refractivity (Wildman–Crippen MR) is 126 cm³/mol. The van der Waals surface area contributed by atoms with Gasteiger partial charge in [0.15, 0.2) is 0 Å². The van der Waals surface area contributed by atoms with Gasteiger partial charge in [-0.15, -0.1) is 0 Å².